The van der Waals surface area contributed by atoms with Crippen LogP contribution in [-0.2, 0) is 0 Å². The summed E-state index contributed by atoms with van der Waals surface area (Å²) in [5.41, 5.74) is 7.00. The molecule has 7 aromatic carbocycles. The second kappa shape index (κ2) is 9.59. The molecule has 202 valence electrons. The highest BCUT2D eigenvalue weighted by molar-refractivity contribution is 7.26. The zero-order valence-corrected chi connectivity index (χ0v) is 24.1. The molecule has 2 heterocycles. The highest BCUT2D eigenvalue weighted by Crippen LogP contribution is 2.45. The molecule has 0 N–H and O–H groups in total. The lowest BCUT2D eigenvalue weighted by Crippen LogP contribution is -2.10. The van der Waals surface area contributed by atoms with Gasteiger partial charge >= 0.3 is 0 Å². The van der Waals surface area contributed by atoms with Gasteiger partial charge in [-0.2, -0.15) is 0 Å². The van der Waals surface area contributed by atoms with Crippen LogP contribution in [0.25, 0.3) is 58.4 Å². The molecular weight excluding hydrogens is 541 g/mol. The molecule has 2 nitrogen and oxygen atoms in total. The van der Waals surface area contributed by atoms with Gasteiger partial charge in [0.1, 0.15) is 0 Å². The Hall–Kier alpha value is -5.38. The average Bonchev–Trinajstić information content (AvgIpc) is 3.62. The Bertz CT molecular complexity index is 2450. The van der Waals surface area contributed by atoms with E-state index < -0.39 is 0 Å². The van der Waals surface area contributed by atoms with Crippen molar-refractivity contribution in [3.05, 3.63) is 158 Å². The second-order valence-corrected chi connectivity index (χ2v) is 12.0. The fourth-order valence-corrected chi connectivity index (χ4v) is 7.90. The SMILES string of the molecule is c1ccc(N(c2ccc3ccc4c5ccccc5sc4c3c2)c2cccc3c2c2ccccc2n3-c2ccccc2)cc1. The van der Waals surface area contributed by atoms with Crippen molar-refractivity contribution in [2.45, 2.75) is 0 Å². The molecule has 0 saturated heterocycles. The minimum Gasteiger partial charge on any atom is -0.310 e. The molecule has 0 atom stereocenters. The summed E-state index contributed by atoms with van der Waals surface area (Å²) >= 11 is 1.89. The van der Waals surface area contributed by atoms with Gasteiger partial charge in [0.05, 0.1) is 16.7 Å². The minimum atomic E-state index is 1.13. The van der Waals surface area contributed by atoms with Crippen molar-refractivity contribution in [1.82, 2.24) is 4.57 Å². The lowest BCUT2D eigenvalue weighted by atomic mass is 10.0. The van der Waals surface area contributed by atoms with Gasteiger partial charge in [0.15, 0.2) is 0 Å². The van der Waals surface area contributed by atoms with Crippen LogP contribution in [0.5, 0.6) is 0 Å². The molecule has 0 unspecified atom stereocenters. The molecule has 9 aromatic rings. The first-order chi connectivity index (χ1) is 21.3. The van der Waals surface area contributed by atoms with E-state index in [2.05, 4.69) is 167 Å². The van der Waals surface area contributed by atoms with Crippen molar-refractivity contribution >= 4 is 81.1 Å². The Morgan fingerprint density at radius 3 is 2.02 bits per heavy atom. The van der Waals surface area contributed by atoms with Crippen LogP contribution in [0.2, 0.25) is 0 Å². The Labute approximate surface area is 253 Å². The standard InChI is InChI=1S/C40H26N2S/c1-3-12-28(13-4-1)41(30-24-22-27-23-25-32-31-16-8-10-21-38(31)43-40(32)34(27)26-30)36-19-11-20-37-39(36)33-17-7-9-18-35(33)42(37)29-14-5-2-6-15-29/h1-26H. The van der Waals surface area contributed by atoms with Crippen molar-refractivity contribution in [1.29, 1.82) is 0 Å². The quantitative estimate of drug-likeness (QED) is 0.206. The van der Waals surface area contributed by atoms with Crippen molar-refractivity contribution < 1.29 is 0 Å². The van der Waals surface area contributed by atoms with E-state index in [1.165, 1.54) is 52.8 Å². The molecule has 3 heteroatoms. The summed E-state index contributed by atoms with van der Waals surface area (Å²) in [6.45, 7) is 0. The number of anilines is 3. The summed E-state index contributed by atoms with van der Waals surface area (Å²) < 4.78 is 5.06. The van der Waals surface area contributed by atoms with Crippen LogP contribution in [0.4, 0.5) is 17.1 Å². The molecule has 0 bridgehead atoms. The molecule has 0 aliphatic rings. The number of hydrogen-bond acceptors (Lipinski definition) is 2. The predicted molar refractivity (Wildman–Crippen MR) is 186 cm³/mol. The maximum Gasteiger partial charge on any atom is 0.0562 e. The predicted octanol–water partition coefficient (Wildman–Crippen LogP) is 11.8. The van der Waals surface area contributed by atoms with Gasteiger partial charge in [0.2, 0.25) is 0 Å². The molecule has 43 heavy (non-hydrogen) atoms. The monoisotopic (exact) mass is 566 g/mol. The largest absolute Gasteiger partial charge is 0.310 e. The maximum absolute atomic E-state index is 2.43. The van der Waals surface area contributed by atoms with E-state index in [9.17, 15) is 0 Å². The van der Waals surface area contributed by atoms with Crippen LogP contribution in [0.3, 0.4) is 0 Å². The molecule has 0 spiro atoms. The van der Waals surface area contributed by atoms with Crippen LogP contribution in [0.15, 0.2) is 158 Å². The summed E-state index contributed by atoms with van der Waals surface area (Å²) in [4.78, 5) is 2.43. The van der Waals surface area contributed by atoms with E-state index in [4.69, 9.17) is 0 Å². The average molecular weight is 567 g/mol. The first-order valence-electron chi connectivity index (χ1n) is 14.6. The summed E-state index contributed by atoms with van der Waals surface area (Å²) in [6, 6.07) is 57.1. The van der Waals surface area contributed by atoms with E-state index in [1.807, 2.05) is 11.3 Å². The van der Waals surface area contributed by atoms with E-state index in [0.29, 0.717) is 0 Å². The number of fused-ring (bicyclic) bond motifs is 8. The van der Waals surface area contributed by atoms with Crippen LogP contribution < -0.4 is 4.90 Å². The van der Waals surface area contributed by atoms with E-state index in [0.717, 1.165) is 22.7 Å². The molecular formula is C40H26N2S. The Morgan fingerprint density at radius 1 is 0.465 bits per heavy atom. The third-order valence-corrected chi connectivity index (χ3v) is 9.77. The molecule has 0 amide bonds. The Morgan fingerprint density at radius 2 is 1.16 bits per heavy atom. The van der Waals surface area contributed by atoms with Gasteiger partial charge in [-0.15, -0.1) is 11.3 Å². The van der Waals surface area contributed by atoms with Crippen molar-refractivity contribution in [2.75, 3.05) is 4.90 Å². The minimum absolute atomic E-state index is 1.13. The highest BCUT2D eigenvalue weighted by atomic mass is 32.1. The number of thiophene rings is 1. The van der Waals surface area contributed by atoms with Crippen LogP contribution in [-0.4, -0.2) is 4.57 Å². The Kier molecular flexibility index (Phi) is 5.40. The number of hydrogen-bond donors (Lipinski definition) is 0. The summed E-state index contributed by atoms with van der Waals surface area (Å²) in [5.74, 6) is 0. The summed E-state index contributed by atoms with van der Waals surface area (Å²) in [6.07, 6.45) is 0. The van der Waals surface area contributed by atoms with Gasteiger partial charge in [-0.05, 0) is 66.0 Å². The Balaban J connectivity index is 1.36. The summed E-state index contributed by atoms with van der Waals surface area (Å²) in [7, 11) is 0. The van der Waals surface area contributed by atoms with Crippen molar-refractivity contribution in [2.24, 2.45) is 0 Å². The first kappa shape index (κ1) is 24.2. The highest BCUT2D eigenvalue weighted by Gasteiger charge is 2.21. The van der Waals surface area contributed by atoms with Gasteiger partial charge in [-0.1, -0.05) is 97.1 Å². The van der Waals surface area contributed by atoms with Crippen LogP contribution >= 0.6 is 11.3 Å². The number of rotatable bonds is 4. The molecule has 9 rings (SSSR count). The van der Waals surface area contributed by atoms with Gasteiger partial charge in [0.25, 0.3) is 0 Å². The topological polar surface area (TPSA) is 8.17 Å². The van der Waals surface area contributed by atoms with Crippen molar-refractivity contribution in [3.8, 4) is 5.69 Å². The van der Waals surface area contributed by atoms with Crippen LogP contribution in [0, 0.1) is 0 Å². The smallest absolute Gasteiger partial charge is 0.0562 e. The number of aromatic nitrogens is 1. The van der Waals surface area contributed by atoms with Crippen molar-refractivity contribution in [3.63, 3.8) is 0 Å². The van der Waals surface area contributed by atoms with Crippen LogP contribution in [0.1, 0.15) is 0 Å². The number of nitrogens with zero attached hydrogens (tertiary/aromatic N) is 2. The fraction of sp³-hybridized carbons (Fsp3) is 0. The van der Waals surface area contributed by atoms with Gasteiger partial charge in [-0.3, -0.25) is 0 Å². The molecule has 0 fully saturated rings. The second-order valence-electron chi connectivity index (χ2n) is 11.0. The third kappa shape index (κ3) is 3.72. The molecule has 0 aliphatic carbocycles. The van der Waals surface area contributed by atoms with Gasteiger partial charge in [0, 0.05) is 53.4 Å². The van der Waals surface area contributed by atoms with E-state index in [-0.39, 0.29) is 0 Å². The fourth-order valence-electron chi connectivity index (χ4n) is 6.68. The zero-order valence-electron chi connectivity index (χ0n) is 23.3. The first-order valence-corrected chi connectivity index (χ1v) is 15.4. The van der Waals surface area contributed by atoms with E-state index in [1.54, 1.807) is 0 Å². The lowest BCUT2D eigenvalue weighted by molar-refractivity contribution is 1.18. The molecule has 0 radical (unpaired) electrons. The third-order valence-electron chi connectivity index (χ3n) is 8.55. The number of benzene rings is 7. The summed E-state index contributed by atoms with van der Waals surface area (Å²) in [5, 5.41) is 7.68. The molecule has 0 saturated carbocycles. The maximum atomic E-state index is 2.43. The van der Waals surface area contributed by atoms with Gasteiger partial charge < -0.3 is 9.47 Å². The normalized spacial score (nSPS) is 11.7. The van der Waals surface area contributed by atoms with Gasteiger partial charge in [-0.25, -0.2) is 0 Å². The zero-order chi connectivity index (χ0) is 28.3. The number of para-hydroxylation sites is 3. The lowest BCUT2D eigenvalue weighted by Gasteiger charge is -2.27. The molecule has 2 aromatic heterocycles. The molecule has 0 aliphatic heterocycles. The van der Waals surface area contributed by atoms with E-state index >= 15 is 0 Å².